The summed E-state index contributed by atoms with van der Waals surface area (Å²) in [7, 11) is 0. The lowest BCUT2D eigenvalue weighted by Crippen LogP contribution is -2.44. The summed E-state index contributed by atoms with van der Waals surface area (Å²) in [6.07, 6.45) is 8.38. The number of esters is 1. The van der Waals surface area contributed by atoms with Crippen molar-refractivity contribution in [2.24, 2.45) is 0 Å². The second-order valence-electron chi connectivity index (χ2n) is 4.93. The van der Waals surface area contributed by atoms with Crippen LogP contribution < -0.4 is 5.32 Å². The molecule has 5 heteroatoms. The van der Waals surface area contributed by atoms with Gasteiger partial charge in [0.1, 0.15) is 0 Å². The Balaban J connectivity index is 3.67. The first kappa shape index (κ1) is 18.9. The molecule has 0 aliphatic carbocycles. The topological polar surface area (TPSA) is 75.6 Å². The summed E-state index contributed by atoms with van der Waals surface area (Å²) in [5, 5.41) is 11.5. The minimum Gasteiger partial charge on any atom is -0.464 e. The standard InChI is InChI=1S/C15H29NO4/c1-3-5-6-7-8-9-10-11-14(18)16-13(12-17)15(19)20-4-2/h13,17H,3-12H2,1-2H3,(H,16,18). The lowest BCUT2D eigenvalue weighted by Gasteiger charge is -2.14. The number of aliphatic hydroxyl groups excluding tert-OH is 1. The van der Waals surface area contributed by atoms with Crippen LogP contribution in [0.1, 0.15) is 65.2 Å². The average Bonchev–Trinajstić information content (AvgIpc) is 2.44. The fourth-order valence-electron chi connectivity index (χ4n) is 1.93. The van der Waals surface area contributed by atoms with E-state index >= 15 is 0 Å². The molecular weight excluding hydrogens is 258 g/mol. The van der Waals surface area contributed by atoms with Gasteiger partial charge in [-0.25, -0.2) is 4.79 Å². The molecule has 1 atom stereocenters. The van der Waals surface area contributed by atoms with Gasteiger partial charge < -0.3 is 15.2 Å². The van der Waals surface area contributed by atoms with E-state index in [9.17, 15) is 9.59 Å². The molecule has 0 aromatic rings. The van der Waals surface area contributed by atoms with E-state index < -0.39 is 18.6 Å². The van der Waals surface area contributed by atoms with Gasteiger partial charge in [-0.05, 0) is 13.3 Å². The van der Waals surface area contributed by atoms with E-state index in [4.69, 9.17) is 9.84 Å². The van der Waals surface area contributed by atoms with Gasteiger partial charge in [0.15, 0.2) is 6.04 Å². The lowest BCUT2D eigenvalue weighted by molar-refractivity contribution is -0.148. The first-order valence-electron chi connectivity index (χ1n) is 7.72. The Bertz CT molecular complexity index is 269. The molecule has 0 saturated carbocycles. The third kappa shape index (κ3) is 9.78. The monoisotopic (exact) mass is 287 g/mol. The smallest absolute Gasteiger partial charge is 0.331 e. The Kier molecular flexibility index (Phi) is 12.2. The highest BCUT2D eigenvalue weighted by molar-refractivity contribution is 5.84. The Hall–Kier alpha value is -1.10. The van der Waals surface area contributed by atoms with Crippen LogP contribution in [-0.4, -0.2) is 36.2 Å². The molecule has 0 fully saturated rings. The Morgan fingerprint density at radius 2 is 1.65 bits per heavy atom. The predicted octanol–water partition coefficient (Wildman–Crippen LogP) is 2.17. The van der Waals surface area contributed by atoms with Crippen LogP contribution in [0, 0.1) is 0 Å². The van der Waals surface area contributed by atoms with Crippen LogP contribution in [0.15, 0.2) is 0 Å². The Morgan fingerprint density at radius 1 is 1.05 bits per heavy atom. The number of rotatable bonds is 12. The molecule has 0 aliphatic heterocycles. The number of hydrogen-bond donors (Lipinski definition) is 2. The van der Waals surface area contributed by atoms with Crippen molar-refractivity contribution in [3.63, 3.8) is 0 Å². The Labute approximate surface area is 122 Å². The molecule has 0 radical (unpaired) electrons. The van der Waals surface area contributed by atoms with Gasteiger partial charge in [-0.15, -0.1) is 0 Å². The van der Waals surface area contributed by atoms with Crippen molar-refractivity contribution in [1.82, 2.24) is 5.32 Å². The molecule has 0 bridgehead atoms. The van der Waals surface area contributed by atoms with Crippen LogP contribution in [0.2, 0.25) is 0 Å². The van der Waals surface area contributed by atoms with E-state index in [-0.39, 0.29) is 12.5 Å². The number of nitrogens with one attached hydrogen (secondary N) is 1. The first-order valence-corrected chi connectivity index (χ1v) is 7.72. The van der Waals surface area contributed by atoms with E-state index in [1.807, 2.05) is 0 Å². The molecule has 1 unspecified atom stereocenters. The zero-order valence-electron chi connectivity index (χ0n) is 12.8. The zero-order chi connectivity index (χ0) is 15.2. The van der Waals surface area contributed by atoms with Gasteiger partial charge >= 0.3 is 5.97 Å². The molecule has 2 N–H and O–H groups in total. The molecule has 0 spiro atoms. The summed E-state index contributed by atoms with van der Waals surface area (Å²) >= 11 is 0. The molecule has 0 aliphatic rings. The van der Waals surface area contributed by atoms with Gasteiger partial charge in [0.2, 0.25) is 5.91 Å². The van der Waals surface area contributed by atoms with Crippen LogP contribution in [0.5, 0.6) is 0 Å². The number of unbranched alkanes of at least 4 members (excludes halogenated alkanes) is 6. The number of carbonyl (C=O) groups is 2. The minimum atomic E-state index is -0.938. The second kappa shape index (κ2) is 12.9. The van der Waals surface area contributed by atoms with E-state index in [1.165, 1.54) is 25.7 Å². The SMILES string of the molecule is CCCCCCCCCC(=O)NC(CO)C(=O)OCC. The first-order chi connectivity index (χ1) is 9.65. The van der Waals surface area contributed by atoms with E-state index in [0.717, 1.165) is 19.3 Å². The van der Waals surface area contributed by atoms with Crippen molar-refractivity contribution in [3.05, 3.63) is 0 Å². The summed E-state index contributed by atoms with van der Waals surface area (Å²) in [6.45, 7) is 3.68. The molecule has 0 saturated heterocycles. The third-order valence-electron chi connectivity index (χ3n) is 3.10. The number of carbonyl (C=O) groups excluding carboxylic acids is 2. The maximum absolute atomic E-state index is 11.6. The van der Waals surface area contributed by atoms with Gasteiger partial charge in [0, 0.05) is 6.42 Å². The van der Waals surface area contributed by atoms with E-state index in [0.29, 0.717) is 6.42 Å². The highest BCUT2D eigenvalue weighted by Gasteiger charge is 2.20. The van der Waals surface area contributed by atoms with Crippen molar-refractivity contribution < 1.29 is 19.4 Å². The fraction of sp³-hybridized carbons (Fsp3) is 0.867. The number of amides is 1. The van der Waals surface area contributed by atoms with Gasteiger partial charge in [-0.2, -0.15) is 0 Å². The van der Waals surface area contributed by atoms with Gasteiger partial charge in [0.05, 0.1) is 13.2 Å². The molecule has 20 heavy (non-hydrogen) atoms. The maximum atomic E-state index is 11.6. The van der Waals surface area contributed by atoms with E-state index in [1.54, 1.807) is 6.92 Å². The number of hydrogen-bond acceptors (Lipinski definition) is 4. The summed E-state index contributed by atoms with van der Waals surface area (Å²) in [5.74, 6) is -0.784. The van der Waals surface area contributed by atoms with Gasteiger partial charge in [-0.1, -0.05) is 45.4 Å². The van der Waals surface area contributed by atoms with E-state index in [2.05, 4.69) is 12.2 Å². The highest BCUT2D eigenvalue weighted by atomic mass is 16.5. The average molecular weight is 287 g/mol. The fourth-order valence-corrected chi connectivity index (χ4v) is 1.93. The second-order valence-corrected chi connectivity index (χ2v) is 4.93. The van der Waals surface area contributed by atoms with Gasteiger partial charge in [0.25, 0.3) is 0 Å². The molecular formula is C15H29NO4. The zero-order valence-corrected chi connectivity index (χ0v) is 12.8. The van der Waals surface area contributed by atoms with Crippen molar-refractivity contribution in [1.29, 1.82) is 0 Å². The highest BCUT2D eigenvalue weighted by Crippen LogP contribution is 2.08. The largest absolute Gasteiger partial charge is 0.464 e. The summed E-state index contributed by atoms with van der Waals surface area (Å²) in [4.78, 5) is 23.0. The van der Waals surface area contributed by atoms with Crippen LogP contribution in [0.4, 0.5) is 0 Å². The number of ether oxygens (including phenoxy) is 1. The van der Waals surface area contributed by atoms with Crippen LogP contribution >= 0.6 is 0 Å². The molecule has 5 nitrogen and oxygen atoms in total. The summed E-state index contributed by atoms with van der Waals surface area (Å²) in [5.41, 5.74) is 0. The molecule has 0 heterocycles. The molecule has 0 aromatic carbocycles. The predicted molar refractivity (Wildman–Crippen MR) is 78.3 cm³/mol. The summed E-state index contributed by atoms with van der Waals surface area (Å²) < 4.78 is 4.76. The summed E-state index contributed by atoms with van der Waals surface area (Å²) in [6, 6.07) is -0.938. The molecule has 118 valence electrons. The van der Waals surface area contributed by atoms with Crippen molar-refractivity contribution in [2.75, 3.05) is 13.2 Å². The Morgan fingerprint density at radius 3 is 2.20 bits per heavy atom. The van der Waals surface area contributed by atoms with Crippen LogP contribution in [-0.2, 0) is 14.3 Å². The minimum absolute atomic E-state index is 0.203. The third-order valence-corrected chi connectivity index (χ3v) is 3.10. The van der Waals surface area contributed by atoms with Crippen molar-refractivity contribution in [3.8, 4) is 0 Å². The van der Waals surface area contributed by atoms with Crippen molar-refractivity contribution >= 4 is 11.9 Å². The van der Waals surface area contributed by atoms with Crippen LogP contribution in [0.3, 0.4) is 0 Å². The molecule has 0 aromatic heterocycles. The number of aliphatic hydroxyl groups is 1. The quantitative estimate of drug-likeness (QED) is 0.426. The van der Waals surface area contributed by atoms with Crippen LogP contribution in [0.25, 0.3) is 0 Å². The van der Waals surface area contributed by atoms with Crippen molar-refractivity contribution in [2.45, 2.75) is 71.3 Å². The molecule has 1 amide bonds. The lowest BCUT2D eigenvalue weighted by atomic mass is 10.1. The maximum Gasteiger partial charge on any atom is 0.331 e. The van der Waals surface area contributed by atoms with Gasteiger partial charge in [-0.3, -0.25) is 4.79 Å². The normalized spacial score (nSPS) is 11.9. The molecule has 0 rings (SSSR count).